The third-order valence-corrected chi connectivity index (χ3v) is 1.99. The van der Waals surface area contributed by atoms with Gasteiger partial charge in [-0.3, -0.25) is 0 Å². The van der Waals surface area contributed by atoms with Crippen molar-refractivity contribution in [2.24, 2.45) is 0 Å². The van der Waals surface area contributed by atoms with Crippen LogP contribution in [-0.2, 0) is 0 Å². The van der Waals surface area contributed by atoms with E-state index >= 15 is 0 Å². The van der Waals surface area contributed by atoms with Crippen LogP contribution in [-0.4, -0.2) is 12.2 Å². The topological polar surface area (TPSA) is 29.5 Å². The van der Waals surface area contributed by atoms with Crippen LogP contribution in [0.2, 0.25) is 5.02 Å². The second-order valence-electron chi connectivity index (χ2n) is 2.56. The van der Waals surface area contributed by atoms with Gasteiger partial charge in [-0.25, -0.2) is 0 Å². The Kier molecular flexibility index (Phi) is 2.95. The lowest BCUT2D eigenvalue weighted by atomic mass is 10.1. The van der Waals surface area contributed by atoms with Gasteiger partial charge in [0.15, 0.2) is 0 Å². The number of aliphatic hydroxyl groups is 1. The summed E-state index contributed by atoms with van der Waals surface area (Å²) < 4.78 is 4.96. The number of aliphatic hydroxyl groups excluding tert-OH is 1. The van der Waals surface area contributed by atoms with E-state index in [0.717, 1.165) is 5.56 Å². The van der Waals surface area contributed by atoms with Gasteiger partial charge in [-0.2, -0.15) is 0 Å². The first kappa shape index (κ1) is 9.36. The van der Waals surface area contributed by atoms with Gasteiger partial charge < -0.3 is 9.84 Å². The summed E-state index contributed by atoms with van der Waals surface area (Å²) in [5, 5.41) is 9.77. The molecule has 0 spiro atoms. The lowest BCUT2D eigenvalue weighted by Gasteiger charge is -2.08. The van der Waals surface area contributed by atoms with Crippen LogP contribution in [0, 0.1) is 0 Å². The highest BCUT2D eigenvalue weighted by atomic mass is 35.5. The van der Waals surface area contributed by atoms with Crippen molar-refractivity contribution in [1.82, 2.24) is 0 Å². The van der Waals surface area contributed by atoms with E-state index in [9.17, 15) is 5.11 Å². The Hall–Kier alpha value is -0.730. The van der Waals surface area contributed by atoms with Crippen molar-refractivity contribution in [1.29, 1.82) is 0 Å². The highest BCUT2D eigenvalue weighted by Gasteiger charge is 2.06. The molecule has 0 amide bonds. The maximum Gasteiger partial charge on any atom is 0.120 e. The number of hydrogen-bond donors (Lipinski definition) is 1. The molecule has 66 valence electrons. The van der Waals surface area contributed by atoms with Gasteiger partial charge in [0.05, 0.1) is 18.2 Å². The molecular formula is C9H11ClO2. The van der Waals surface area contributed by atoms with Crippen LogP contribution in [0.15, 0.2) is 18.2 Å². The molecule has 0 radical (unpaired) electrons. The number of methoxy groups -OCH3 is 1. The van der Waals surface area contributed by atoms with E-state index < -0.39 is 6.10 Å². The molecule has 0 heterocycles. The summed E-state index contributed by atoms with van der Waals surface area (Å²) in [5.74, 6) is 0.699. The molecule has 1 aromatic carbocycles. The predicted molar refractivity (Wildman–Crippen MR) is 48.6 cm³/mol. The highest BCUT2D eigenvalue weighted by molar-refractivity contribution is 6.31. The summed E-state index contributed by atoms with van der Waals surface area (Å²) in [4.78, 5) is 0. The Balaban J connectivity index is 3.03. The maximum atomic E-state index is 9.24. The quantitative estimate of drug-likeness (QED) is 0.769. The number of hydrogen-bond acceptors (Lipinski definition) is 2. The Morgan fingerprint density at radius 3 is 2.58 bits per heavy atom. The summed E-state index contributed by atoms with van der Waals surface area (Å²) in [5.41, 5.74) is 0.720. The van der Waals surface area contributed by atoms with E-state index in [4.69, 9.17) is 16.3 Å². The molecule has 3 heteroatoms. The number of benzene rings is 1. The van der Waals surface area contributed by atoms with Crippen molar-refractivity contribution >= 4 is 11.6 Å². The van der Waals surface area contributed by atoms with Crippen LogP contribution in [0.3, 0.4) is 0 Å². The molecule has 0 bridgehead atoms. The normalized spacial score (nSPS) is 12.7. The lowest BCUT2D eigenvalue weighted by Crippen LogP contribution is -1.92. The van der Waals surface area contributed by atoms with Crippen LogP contribution >= 0.6 is 11.6 Å². The summed E-state index contributed by atoms with van der Waals surface area (Å²) in [6.45, 7) is 1.67. The molecule has 12 heavy (non-hydrogen) atoms. The molecule has 0 aliphatic carbocycles. The maximum absolute atomic E-state index is 9.24. The van der Waals surface area contributed by atoms with Crippen molar-refractivity contribution in [2.45, 2.75) is 13.0 Å². The van der Waals surface area contributed by atoms with E-state index in [1.54, 1.807) is 32.2 Å². The Labute approximate surface area is 76.7 Å². The first-order chi connectivity index (χ1) is 5.65. The second-order valence-corrected chi connectivity index (χ2v) is 2.97. The van der Waals surface area contributed by atoms with Crippen molar-refractivity contribution < 1.29 is 9.84 Å². The molecule has 1 N–H and O–H groups in total. The van der Waals surface area contributed by atoms with Crippen LogP contribution in [0.1, 0.15) is 18.6 Å². The van der Waals surface area contributed by atoms with Gasteiger partial charge >= 0.3 is 0 Å². The zero-order valence-corrected chi connectivity index (χ0v) is 7.80. The van der Waals surface area contributed by atoms with Gasteiger partial charge in [-0.05, 0) is 24.6 Å². The smallest absolute Gasteiger partial charge is 0.120 e. The van der Waals surface area contributed by atoms with Crippen molar-refractivity contribution in [3.8, 4) is 5.75 Å². The fourth-order valence-corrected chi connectivity index (χ4v) is 1.30. The minimum absolute atomic E-state index is 0.532. The predicted octanol–water partition coefficient (Wildman–Crippen LogP) is 2.40. The van der Waals surface area contributed by atoms with E-state index in [2.05, 4.69) is 0 Å². The zero-order chi connectivity index (χ0) is 9.14. The fraction of sp³-hybridized carbons (Fsp3) is 0.333. The molecule has 1 atom stereocenters. The van der Waals surface area contributed by atoms with E-state index in [1.165, 1.54) is 0 Å². The molecule has 0 saturated heterocycles. The number of rotatable bonds is 2. The summed E-state index contributed by atoms with van der Waals surface area (Å²) in [7, 11) is 1.58. The molecule has 2 nitrogen and oxygen atoms in total. The Bertz CT molecular complexity index is 271. The second kappa shape index (κ2) is 3.78. The van der Waals surface area contributed by atoms with Gasteiger partial charge in [0.25, 0.3) is 0 Å². The molecule has 0 aliphatic heterocycles. The summed E-state index contributed by atoms with van der Waals surface area (Å²) in [6, 6.07) is 5.21. The van der Waals surface area contributed by atoms with Crippen LogP contribution in [0.4, 0.5) is 0 Å². The van der Waals surface area contributed by atoms with Gasteiger partial charge in [0.1, 0.15) is 5.75 Å². The van der Waals surface area contributed by atoms with Crippen molar-refractivity contribution in [3.05, 3.63) is 28.8 Å². The minimum Gasteiger partial charge on any atom is -0.497 e. The highest BCUT2D eigenvalue weighted by Crippen LogP contribution is 2.26. The zero-order valence-electron chi connectivity index (χ0n) is 7.04. The fourth-order valence-electron chi connectivity index (χ4n) is 0.974. The molecule has 0 aliphatic rings. The average Bonchev–Trinajstić information content (AvgIpc) is 2.03. The monoisotopic (exact) mass is 186 g/mol. The van der Waals surface area contributed by atoms with Crippen LogP contribution in [0.5, 0.6) is 5.75 Å². The van der Waals surface area contributed by atoms with Gasteiger partial charge in [0, 0.05) is 0 Å². The van der Waals surface area contributed by atoms with Gasteiger partial charge in [-0.1, -0.05) is 17.7 Å². The molecular weight excluding hydrogens is 176 g/mol. The van der Waals surface area contributed by atoms with Gasteiger partial charge in [0.2, 0.25) is 0 Å². The number of ether oxygens (including phenoxy) is 1. The van der Waals surface area contributed by atoms with Gasteiger partial charge in [-0.15, -0.1) is 0 Å². The molecule has 1 rings (SSSR count). The SMILES string of the molecule is COc1ccc([C@@H](C)O)c(Cl)c1. The molecule has 0 aromatic heterocycles. The average molecular weight is 187 g/mol. The standard InChI is InChI=1S/C9H11ClO2/c1-6(11)8-4-3-7(12-2)5-9(8)10/h3-6,11H,1-2H3/t6-/m1/s1. The van der Waals surface area contributed by atoms with Crippen LogP contribution < -0.4 is 4.74 Å². The minimum atomic E-state index is -0.539. The Morgan fingerprint density at radius 2 is 2.17 bits per heavy atom. The lowest BCUT2D eigenvalue weighted by molar-refractivity contribution is 0.199. The van der Waals surface area contributed by atoms with E-state index in [-0.39, 0.29) is 0 Å². The first-order valence-electron chi connectivity index (χ1n) is 3.66. The molecule has 0 saturated carbocycles. The van der Waals surface area contributed by atoms with Crippen molar-refractivity contribution in [2.75, 3.05) is 7.11 Å². The summed E-state index contributed by atoms with van der Waals surface area (Å²) >= 11 is 5.86. The van der Waals surface area contributed by atoms with Crippen LogP contribution in [0.25, 0.3) is 0 Å². The summed E-state index contributed by atoms with van der Waals surface area (Å²) in [6.07, 6.45) is -0.539. The molecule has 0 fully saturated rings. The van der Waals surface area contributed by atoms with Crippen molar-refractivity contribution in [3.63, 3.8) is 0 Å². The van der Waals surface area contributed by atoms with E-state index in [1.807, 2.05) is 0 Å². The third-order valence-electron chi connectivity index (χ3n) is 1.66. The molecule has 1 aromatic rings. The largest absolute Gasteiger partial charge is 0.497 e. The number of halogens is 1. The molecule has 0 unspecified atom stereocenters. The Morgan fingerprint density at radius 1 is 1.50 bits per heavy atom. The first-order valence-corrected chi connectivity index (χ1v) is 4.04. The third kappa shape index (κ3) is 1.90. The van der Waals surface area contributed by atoms with E-state index in [0.29, 0.717) is 10.8 Å².